The summed E-state index contributed by atoms with van der Waals surface area (Å²) in [5.41, 5.74) is 15.6. The maximum atomic E-state index is 15.0. The highest BCUT2D eigenvalue weighted by Gasteiger charge is 2.29. The normalized spacial score (nSPS) is 14.4. The van der Waals surface area contributed by atoms with Crippen LogP contribution in [-0.4, -0.2) is 50.6 Å². The van der Waals surface area contributed by atoms with E-state index < -0.39 is 5.82 Å². The van der Waals surface area contributed by atoms with Crippen LogP contribution in [0.15, 0.2) is 91.4 Å². The lowest BCUT2D eigenvalue weighted by atomic mass is 10.0. The quantitative estimate of drug-likeness (QED) is 0.229. The fourth-order valence-electron chi connectivity index (χ4n) is 5.15. The molecule has 1 atom stereocenters. The summed E-state index contributed by atoms with van der Waals surface area (Å²) in [5, 5.41) is 7.14. The third kappa shape index (κ3) is 6.07. The summed E-state index contributed by atoms with van der Waals surface area (Å²) in [5.74, 6) is 0.0725. The molecule has 0 saturated carbocycles. The van der Waals surface area contributed by atoms with Gasteiger partial charge in [-0.05, 0) is 66.6 Å². The number of nitrogens with two attached hydrogens (primary N) is 2. The number of pyridine rings is 1. The van der Waals surface area contributed by atoms with Crippen molar-refractivity contribution < 1.29 is 18.7 Å². The molecule has 5 aromatic rings. The molecule has 6 rings (SSSR count). The van der Waals surface area contributed by atoms with Gasteiger partial charge >= 0.3 is 0 Å². The van der Waals surface area contributed by atoms with Crippen molar-refractivity contribution in [2.45, 2.75) is 12.5 Å². The van der Waals surface area contributed by atoms with Gasteiger partial charge in [0.15, 0.2) is 0 Å². The Bertz CT molecular complexity index is 1840. The first-order chi connectivity index (χ1) is 21.2. The van der Waals surface area contributed by atoms with Crippen molar-refractivity contribution in [1.82, 2.24) is 25.0 Å². The minimum atomic E-state index is -0.447. The fourth-order valence-corrected chi connectivity index (χ4v) is 5.15. The van der Waals surface area contributed by atoms with Gasteiger partial charge in [0.2, 0.25) is 0 Å². The molecule has 1 fully saturated rings. The van der Waals surface area contributed by atoms with Crippen molar-refractivity contribution in [3.63, 3.8) is 0 Å². The smallest absolute Gasteiger partial charge is 0.255 e. The van der Waals surface area contributed by atoms with Gasteiger partial charge in [-0.25, -0.2) is 9.37 Å². The molecule has 0 radical (unpaired) electrons. The molecule has 5 N–H and O–H groups in total. The number of amides is 2. The van der Waals surface area contributed by atoms with Crippen LogP contribution in [0, 0.1) is 5.82 Å². The van der Waals surface area contributed by atoms with Crippen molar-refractivity contribution in [1.29, 1.82) is 0 Å². The van der Waals surface area contributed by atoms with Gasteiger partial charge in [0.25, 0.3) is 11.8 Å². The van der Waals surface area contributed by atoms with Gasteiger partial charge in [0.05, 0.1) is 11.8 Å². The van der Waals surface area contributed by atoms with Crippen LogP contribution in [0.3, 0.4) is 0 Å². The summed E-state index contributed by atoms with van der Waals surface area (Å²) in [6.07, 6.45) is 5.72. The van der Waals surface area contributed by atoms with Crippen LogP contribution in [0.4, 0.5) is 15.9 Å². The van der Waals surface area contributed by atoms with Gasteiger partial charge < -0.3 is 26.4 Å². The molecule has 0 spiro atoms. The lowest BCUT2D eigenvalue weighted by Gasteiger charge is -2.18. The van der Waals surface area contributed by atoms with E-state index in [2.05, 4.69) is 15.4 Å². The van der Waals surface area contributed by atoms with Crippen molar-refractivity contribution in [3.05, 3.63) is 108 Å². The molecule has 11 heteroatoms. The van der Waals surface area contributed by atoms with Crippen LogP contribution in [-0.2, 0) is 7.05 Å². The summed E-state index contributed by atoms with van der Waals surface area (Å²) in [7, 11) is 1.81. The van der Waals surface area contributed by atoms with E-state index in [1.807, 2.05) is 13.2 Å². The number of ether oxygens (including phenoxy) is 1. The van der Waals surface area contributed by atoms with E-state index in [0.29, 0.717) is 53.4 Å². The highest BCUT2D eigenvalue weighted by atomic mass is 19.1. The highest BCUT2D eigenvalue weighted by Crippen LogP contribution is 2.30. The fraction of sp³-hybridized carbons (Fsp3) is 0.152. The number of benzene rings is 3. The second kappa shape index (κ2) is 11.9. The first-order valence-electron chi connectivity index (χ1n) is 14.0. The highest BCUT2D eigenvalue weighted by molar-refractivity contribution is 6.00. The monoisotopic (exact) mass is 591 g/mol. The number of aromatic nitrogens is 3. The van der Waals surface area contributed by atoms with Crippen LogP contribution >= 0.6 is 0 Å². The molecule has 222 valence electrons. The number of nitrogen functional groups attached to an aromatic ring is 2. The van der Waals surface area contributed by atoms with Gasteiger partial charge in [-0.3, -0.25) is 14.3 Å². The number of nitrogens with one attached hydrogen (secondary N) is 1. The van der Waals surface area contributed by atoms with E-state index in [9.17, 15) is 14.0 Å². The average Bonchev–Trinajstić information content (AvgIpc) is 3.67. The Kier molecular flexibility index (Phi) is 7.67. The Labute approximate surface area is 253 Å². The predicted molar refractivity (Wildman–Crippen MR) is 165 cm³/mol. The Balaban J connectivity index is 1.07. The lowest BCUT2D eigenvalue weighted by Crippen LogP contribution is -2.38. The number of aryl methyl sites for hydroxylation is 1. The zero-order valence-electron chi connectivity index (χ0n) is 23.9. The average molecular weight is 592 g/mol. The van der Waals surface area contributed by atoms with E-state index in [1.54, 1.807) is 88.7 Å². The van der Waals surface area contributed by atoms with Crippen LogP contribution in [0.25, 0.3) is 22.3 Å². The van der Waals surface area contributed by atoms with Crippen LogP contribution in [0.5, 0.6) is 11.5 Å². The van der Waals surface area contributed by atoms with Crippen molar-refractivity contribution in [2.75, 3.05) is 24.6 Å². The zero-order valence-corrected chi connectivity index (χ0v) is 23.9. The molecule has 44 heavy (non-hydrogen) atoms. The molecule has 3 aromatic carbocycles. The van der Waals surface area contributed by atoms with Gasteiger partial charge in [0.1, 0.15) is 23.1 Å². The molecule has 0 aliphatic carbocycles. The molecule has 1 saturated heterocycles. The zero-order chi connectivity index (χ0) is 30.8. The summed E-state index contributed by atoms with van der Waals surface area (Å²) >= 11 is 0. The number of carbonyl (C=O) groups excluding carboxylic acids is 2. The third-order valence-corrected chi connectivity index (χ3v) is 7.51. The standard InChI is InChI=1S/C33H30FN7O3/c1-40-18-23(17-38-40)22-14-29(31(36)37-16-22)32(42)39-25-12-13-41(19-25)33(43)21-4-2-20(3-5-21)28-11-10-27(15-30(28)34)44-26-8-6-24(35)7-9-26/h2-11,14-18,25H,12-13,19,35H2,1H3,(H2,36,37)(H,39,42)/t25-/m1/s1. The van der Waals surface area contributed by atoms with Gasteiger partial charge in [-0.2, -0.15) is 5.10 Å². The molecule has 10 nitrogen and oxygen atoms in total. The van der Waals surface area contributed by atoms with Crippen LogP contribution in [0.2, 0.25) is 0 Å². The summed E-state index contributed by atoms with van der Waals surface area (Å²) < 4.78 is 22.4. The Morgan fingerprint density at radius 1 is 0.932 bits per heavy atom. The molecular formula is C33H30FN7O3. The molecular weight excluding hydrogens is 561 g/mol. The number of rotatable bonds is 7. The molecule has 0 bridgehead atoms. The van der Waals surface area contributed by atoms with E-state index >= 15 is 0 Å². The molecule has 2 aromatic heterocycles. The SMILES string of the molecule is Cn1cc(-c2cnc(N)c(C(=O)N[C@@H]3CCN(C(=O)c4ccc(-c5ccc(Oc6ccc(N)cc6)cc5F)cc4)C3)c2)cn1. The van der Waals surface area contributed by atoms with Crippen molar-refractivity contribution in [2.24, 2.45) is 7.05 Å². The number of hydrogen-bond acceptors (Lipinski definition) is 7. The minimum Gasteiger partial charge on any atom is -0.457 e. The second-order valence-electron chi connectivity index (χ2n) is 10.7. The largest absolute Gasteiger partial charge is 0.457 e. The van der Waals surface area contributed by atoms with E-state index in [4.69, 9.17) is 16.2 Å². The Morgan fingerprint density at radius 3 is 2.39 bits per heavy atom. The first kappa shape index (κ1) is 28.4. The number of halogens is 1. The maximum Gasteiger partial charge on any atom is 0.255 e. The lowest BCUT2D eigenvalue weighted by molar-refractivity contribution is 0.0783. The molecule has 2 amide bonds. The number of anilines is 2. The molecule has 3 heterocycles. The second-order valence-corrected chi connectivity index (χ2v) is 10.7. The van der Waals surface area contributed by atoms with Gasteiger partial charge in [-0.15, -0.1) is 0 Å². The predicted octanol–water partition coefficient (Wildman–Crippen LogP) is 4.89. The van der Waals surface area contributed by atoms with E-state index in [-0.39, 0.29) is 29.2 Å². The van der Waals surface area contributed by atoms with Gasteiger partial charge in [-0.1, -0.05) is 12.1 Å². The summed E-state index contributed by atoms with van der Waals surface area (Å²) in [4.78, 5) is 32.2. The molecule has 1 aliphatic rings. The summed E-state index contributed by atoms with van der Waals surface area (Å²) in [6.45, 7) is 0.838. The summed E-state index contributed by atoms with van der Waals surface area (Å²) in [6, 6.07) is 19.7. The Hall–Kier alpha value is -5.71. The van der Waals surface area contributed by atoms with Crippen molar-refractivity contribution >= 4 is 23.3 Å². The Morgan fingerprint density at radius 2 is 1.68 bits per heavy atom. The first-order valence-corrected chi connectivity index (χ1v) is 14.0. The topological polar surface area (TPSA) is 141 Å². The number of likely N-dealkylation sites (tertiary alicyclic amines) is 1. The number of nitrogens with zero attached hydrogens (tertiary/aromatic N) is 4. The third-order valence-electron chi connectivity index (χ3n) is 7.51. The number of hydrogen-bond donors (Lipinski definition) is 3. The number of carbonyl (C=O) groups is 2. The van der Waals surface area contributed by atoms with E-state index in [1.165, 1.54) is 6.07 Å². The minimum absolute atomic E-state index is 0.126. The van der Waals surface area contributed by atoms with Crippen molar-refractivity contribution in [3.8, 4) is 33.8 Å². The molecule has 1 aliphatic heterocycles. The van der Waals surface area contributed by atoms with Crippen LogP contribution < -0.4 is 21.5 Å². The van der Waals surface area contributed by atoms with Crippen LogP contribution in [0.1, 0.15) is 27.1 Å². The van der Waals surface area contributed by atoms with Gasteiger partial charge in [0, 0.05) is 72.6 Å². The maximum absolute atomic E-state index is 15.0. The molecule has 0 unspecified atom stereocenters. The van der Waals surface area contributed by atoms with E-state index in [0.717, 1.165) is 11.1 Å².